The van der Waals surface area contributed by atoms with Gasteiger partial charge in [0.1, 0.15) is 0 Å². The van der Waals surface area contributed by atoms with Crippen LogP contribution in [0, 0.1) is 5.92 Å². The minimum atomic E-state index is 0.148. The summed E-state index contributed by atoms with van der Waals surface area (Å²) in [7, 11) is 0. The van der Waals surface area contributed by atoms with Gasteiger partial charge in [-0.05, 0) is 43.9 Å². The maximum absolute atomic E-state index is 6.47. The summed E-state index contributed by atoms with van der Waals surface area (Å²) in [5, 5.41) is 1.67. The predicted molar refractivity (Wildman–Crippen MR) is 87.4 cm³/mol. The lowest BCUT2D eigenvalue weighted by molar-refractivity contribution is 0.366. The molecule has 0 radical (unpaired) electrons. The van der Waals surface area contributed by atoms with Gasteiger partial charge in [-0.25, -0.2) is 0 Å². The minimum Gasteiger partial charge on any atom is -0.398 e. The second-order valence-electron chi connectivity index (χ2n) is 6.32. The second-order valence-corrected chi connectivity index (χ2v) is 6.75. The molecule has 0 aliphatic heterocycles. The monoisotopic (exact) mass is 299 g/mol. The summed E-state index contributed by atoms with van der Waals surface area (Å²) in [5.74, 6) is 0.663. The molecule has 0 unspecified atom stereocenters. The molecule has 1 heterocycles. The molecular weight excluding hydrogens is 282 g/mol. The van der Waals surface area contributed by atoms with Crippen molar-refractivity contribution in [2.24, 2.45) is 11.7 Å². The fourth-order valence-corrected chi connectivity index (χ4v) is 4.11. The van der Waals surface area contributed by atoms with Gasteiger partial charge in [0, 0.05) is 39.3 Å². The average molecular weight is 300 g/mol. The summed E-state index contributed by atoms with van der Waals surface area (Å²) in [4.78, 5) is 4.83. The van der Waals surface area contributed by atoms with Gasteiger partial charge in [-0.15, -0.1) is 0 Å². The lowest BCUT2D eigenvalue weighted by atomic mass is 9.68. The number of aromatic nitrogens is 1. The van der Waals surface area contributed by atoms with E-state index in [-0.39, 0.29) is 12.0 Å². The van der Waals surface area contributed by atoms with Crippen LogP contribution in [0.2, 0.25) is 5.02 Å². The number of benzene rings is 1. The van der Waals surface area contributed by atoms with Crippen molar-refractivity contribution in [3.63, 3.8) is 0 Å². The zero-order chi connectivity index (χ0) is 14.7. The van der Waals surface area contributed by atoms with Crippen molar-refractivity contribution in [3.8, 4) is 0 Å². The molecule has 1 aromatic heterocycles. The number of nitrogen functional groups attached to an aromatic ring is 1. The van der Waals surface area contributed by atoms with Crippen molar-refractivity contribution in [3.05, 3.63) is 46.1 Å². The van der Waals surface area contributed by atoms with Gasteiger partial charge in [0.25, 0.3) is 0 Å². The van der Waals surface area contributed by atoms with Crippen LogP contribution in [0.5, 0.6) is 0 Å². The van der Waals surface area contributed by atoms with E-state index in [2.05, 4.69) is 13.0 Å². The molecule has 2 aromatic rings. The fourth-order valence-electron chi connectivity index (χ4n) is 3.94. The van der Waals surface area contributed by atoms with Crippen LogP contribution in [0.3, 0.4) is 0 Å². The number of pyridine rings is 1. The molecule has 0 spiro atoms. The van der Waals surface area contributed by atoms with E-state index in [4.69, 9.17) is 28.1 Å². The smallest absolute Gasteiger partial charge is 0.0741 e. The Hall–Kier alpha value is -1.58. The van der Waals surface area contributed by atoms with Gasteiger partial charge in [0.15, 0.2) is 0 Å². The molecule has 4 rings (SSSR count). The molecule has 3 nitrogen and oxygen atoms in total. The highest BCUT2D eigenvalue weighted by atomic mass is 35.5. The van der Waals surface area contributed by atoms with Crippen molar-refractivity contribution in [1.29, 1.82) is 0 Å². The first-order valence-electron chi connectivity index (χ1n) is 7.35. The Bertz CT molecular complexity index is 781. The molecule has 3 atom stereocenters. The molecule has 108 valence electrons. The van der Waals surface area contributed by atoms with E-state index in [1.807, 2.05) is 18.2 Å². The van der Waals surface area contributed by atoms with Gasteiger partial charge in [-0.3, -0.25) is 4.98 Å². The van der Waals surface area contributed by atoms with Gasteiger partial charge >= 0.3 is 0 Å². The van der Waals surface area contributed by atoms with Crippen LogP contribution >= 0.6 is 11.6 Å². The van der Waals surface area contributed by atoms with Crippen LogP contribution in [0.25, 0.3) is 10.9 Å². The van der Waals surface area contributed by atoms with Crippen LogP contribution < -0.4 is 11.5 Å². The molecular formula is C17H18ClN3. The van der Waals surface area contributed by atoms with E-state index >= 15 is 0 Å². The van der Waals surface area contributed by atoms with Crippen LogP contribution in [0.4, 0.5) is 5.69 Å². The van der Waals surface area contributed by atoms with Crippen LogP contribution in [0.1, 0.15) is 30.5 Å². The average Bonchev–Trinajstić information content (AvgIpc) is 2.41. The van der Waals surface area contributed by atoms with Crippen molar-refractivity contribution < 1.29 is 0 Å². The third-order valence-electron chi connectivity index (χ3n) is 4.91. The maximum Gasteiger partial charge on any atom is 0.0741 e. The molecule has 2 bridgehead atoms. The van der Waals surface area contributed by atoms with E-state index in [9.17, 15) is 0 Å². The van der Waals surface area contributed by atoms with Crippen LogP contribution in [0.15, 0.2) is 29.8 Å². The predicted octanol–water partition coefficient (Wildman–Crippen LogP) is 3.40. The summed E-state index contributed by atoms with van der Waals surface area (Å²) in [5.41, 5.74) is 18.3. The Morgan fingerprint density at radius 3 is 2.90 bits per heavy atom. The number of hydrogen-bond donors (Lipinski definition) is 2. The van der Waals surface area contributed by atoms with Gasteiger partial charge in [-0.2, -0.15) is 0 Å². The summed E-state index contributed by atoms with van der Waals surface area (Å²) in [6.45, 7) is 2.18. The van der Waals surface area contributed by atoms with Gasteiger partial charge in [0.2, 0.25) is 0 Å². The Morgan fingerprint density at radius 1 is 1.29 bits per heavy atom. The normalized spacial score (nSPS) is 27.4. The largest absolute Gasteiger partial charge is 0.398 e. The number of nitrogens with zero attached hydrogens (tertiary/aromatic N) is 1. The molecule has 4 heteroatoms. The third-order valence-corrected chi connectivity index (χ3v) is 5.14. The van der Waals surface area contributed by atoms with E-state index in [1.54, 1.807) is 0 Å². The zero-order valence-corrected chi connectivity index (χ0v) is 12.7. The second kappa shape index (κ2) is 4.46. The third kappa shape index (κ3) is 1.88. The topological polar surface area (TPSA) is 64.9 Å². The minimum absolute atomic E-state index is 0.148. The Morgan fingerprint density at radius 2 is 2.10 bits per heavy atom. The first-order valence-corrected chi connectivity index (χ1v) is 7.73. The van der Waals surface area contributed by atoms with Gasteiger partial charge < -0.3 is 11.5 Å². The Balaban J connectivity index is 1.99. The highest BCUT2D eigenvalue weighted by molar-refractivity contribution is 6.31. The highest BCUT2D eigenvalue weighted by Gasteiger charge is 2.38. The van der Waals surface area contributed by atoms with Gasteiger partial charge in [-0.1, -0.05) is 23.3 Å². The molecule has 0 fully saturated rings. The van der Waals surface area contributed by atoms with Gasteiger partial charge in [0.05, 0.1) is 5.52 Å². The van der Waals surface area contributed by atoms with E-state index in [0.717, 1.165) is 35.1 Å². The molecule has 2 aliphatic carbocycles. The summed E-state index contributed by atoms with van der Waals surface area (Å²) >= 11 is 6.08. The van der Waals surface area contributed by atoms with E-state index in [1.165, 1.54) is 11.1 Å². The molecule has 0 saturated carbocycles. The molecule has 0 saturated heterocycles. The van der Waals surface area contributed by atoms with Crippen molar-refractivity contribution in [2.75, 3.05) is 5.73 Å². The first kappa shape index (κ1) is 13.1. The number of hydrogen-bond acceptors (Lipinski definition) is 3. The van der Waals surface area contributed by atoms with Crippen molar-refractivity contribution in [2.45, 2.75) is 31.7 Å². The lowest BCUT2D eigenvalue weighted by Crippen LogP contribution is -2.43. The number of anilines is 1. The first-order chi connectivity index (χ1) is 10.0. The summed E-state index contributed by atoms with van der Waals surface area (Å²) in [6, 6.07) is 5.86. The molecule has 2 aliphatic rings. The zero-order valence-electron chi connectivity index (χ0n) is 11.9. The molecule has 4 N–H and O–H groups in total. The van der Waals surface area contributed by atoms with E-state index < -0.39 is 0 Å². The quantitative estimate of drug-likeness (QED) is 0.733. The standard InChI is InChI=1S/C17H18ClN3/c1-8-4-9-6-14-15(12(5-8)16(9)19)17(20)11-3-2-10(18)7-13(11)21-14/h2-4,7,9,12,16H,5-6,19H2,1H3,(H2,20,21)/t9-,12+,16-/m0/s1. The fraction of sp³-hybridized carbons (Fsp3) is 0.353. The molecule has 0 amide bonds. The molecule has 1 aromatic carbocycles. The number of halogens is 1. The maximum atomic E-state index is 6.47. The van der Waals surface area contributed by atoms with Crippen molar-refractivity contribution in [1.82, 2.24) is 4.98 Å². The number of rotatable bonds is 0. The van der Waals surface area contributed by atoms with Crippen molar-refractivity contribution >= 4 is 28.2 Å². The number of nitrogens with two attached hydrogens (primary N) is 2. The Labute approximate surface area is 129 Å². The van der Waals surface area contributed by atoms with Crippen LogP contribution in [-0.2, 0) is 6.42 Å². The Kier molecular flexibility index (Phi) is 2.78. The highest BCUT2D eigenvalue weighted by Crippen LogP contribution is 2.45. The summed E-state index contributed by atoms with van der Waals surface area (Å²) < 4.78 is 0. The SMILES string of the molecule is CC1=C[C@H]2Cc3nc4cc(Cl)ccc4c(N)c3[C@@H](C1)[C@H]2N. The number of fused-ring (bicyclic) bond motifs is 5. The summed E-state index contributed by atoms with van der Waals surface area (Å²) in [6.07, 6.45) is 4.16. The number of allylic oxidation sites excluding steroid dienone is 1. The lowest BCUT2D eigenvalue weighted by Gasteiger charge is -2.40. The molecule has 21 heavy (non-hydrogen) atoms. The van der Waals surface area contributed by atoms with Crippen LogP contribution in [-0.4, -0.2) is 11.0 Å². The van der Waals surface area contributed by atoms with E-state index in [0.29, 0.717) is 10.9 Å².